The summed E-state index contributed by atoms with van der Waals surface area (Å²) >= 11 is 0. The Morgan fingerprint density at radius 3 is 2.79 bits per heavy atom. The summed E-state index contributed by atoms with van der Waals surface area (Å²) in [7, 11) is -3.22. The van der Waals surface area contributed by atoms with E-state index in [1.807, 2.05) is 0 Å². The van der Waals surface area contributed by atoms with Crippen molar-refractivity contribution in [2.45, 2.75) is 5.75 Å². The quantitative estimate of drug-likeness (QED) is 0.723. The number of rotatable bonds is 5. The fourth-order valence-electron chi connectivity index (χ4n) is 2.24. The number of aromatic nitrogens is 3. The molecule has 0 spiro atoms. The van der Waals surface area contributed by atoms with E-state index in [1.54, 1.807) is 18.2 Å². The summed E-state index contributed by atoms with van der Waals surface area (Å²) in [4.78, 5) is 21.9. The lowest BCUT2D eigenvalue weighted by Crippen LogP contribution is -2.03. The molecular formula is C15H13N3O5S. The molecule has 1 aromatic carbocycles. The van der Waals surface area contributed by atoms with Gasteiger partial charge in [-0.05, 0) is 18.2 Å². The summed E-state index contributed by atoms with van der Waals surface area (Å²) in [6, 6.07) is 6.35. The Morgan fingerprint density at radius 2 is 2.08 bits per heavy atom. The van der Waals surface area contributed by atoms with Crippen LogP contribution < -0.4 is 4.74 Å². The molecule has 0 amide bonds. The van der Waals surface area contributed by atoms with Crippen molar-refractivity contribution >= 4 is 26.7 Å². The Morgan fingerprint density at radius 1 is 1.29 bits per heavy atom. The molecule has 0 fully saturated rings. The minimum absolute atomic E-state index is 0.135. The molecule has 2 heterocycles. The van der Waals surface area contributed by atoms with E-state index in [0.717, 1.165) is 6.26 Å². The first kappa shape index (κ1) is 15.9. The number of carboxylic acid groups (broad SMARTS) is 1. The van der Waals surface area contributed by atoms with Gasteiger partial charge in [-0.1, -0.05) is 0 Å². The molecule has 0 bridgehead atoms. The number of benzene rings is 1. The van der Waals surface area contributed by atoms with E-state index < -0.39 is 15.8 Å². The number of hydrogen-bond donors (Lipinski definition) is 2. The summed E-state index contributed by atoms with van der Waals surface area (Å²) in [6.07, 6.45) is 3.74. The molecule has 2 N–H and O–H groups in total. The van der Waals surface area contributed by atoms with Crippen LogP contribution >= 0.6 is 0 Å². The lowest BCUT2D eigenvalue weighted by Gasteiger charge is -2.06. The molecule has 0 radical (unpaired) electrons. The lowest BCUT2D eigenvalue weighted by atomic mass is 10.1. The number of H-pyrrole nitrogens is 1. The third-order valence-corrected chi connectivity index (χ3v) is 4.03. The van der Waals surface area contributed by atoms with Gasteiger partial charge in [0.2, 0.25) is 5.88 Å². The highest BCUT2D eigenvalue weighted by Gasteiger charge is 2.12. The number of carboxylic acids is 1. The van der Waals surface area contributed by atoms with Gasteiger partial charge in [-0.3, -0.25) is 0 Å². The number of ether oxygens (including phenoxy) is 1. The van der Waals surface area contributed by atoms with Crippen LogP contribution in [0.15, 0.2) is 36.8 Å². The van der Waals surface area contributed by atoms with Crippen molar-refractivity contribution in [3.05, 3.63) is 48.0 Å². The highest BCUT2D eigenvalue weighted by atomic mass is 32.2. The standard InChI is InChI=1S/C15H13N3O5S/c1-24(21,22)7-9-4-14(18-8-17-9)23-10-2-3-13-11(5-10)12(6-16-13)15(19)20/h2-6,8,16H,7H2,1H3,(H,19,20). The Kier molecular flexibility index (Phi) is 3.94. The van der Waals surface area contributed by atoms with Gasteiger partial charge in [-0.15, -0.1) is 0 Å². The minimum atomic E-state index is -3.22. The van der Waals surface area contributed by atoms with E-state index in [4.69, 9.17) is 9.84 Å². The van der Waals surface area contributed by atoms with Gasteiger partial charge >= 0.3 is 5.97 Å². The van der Waals surface area contributed by atoms with Crippen molar-refractivity contribution in [3.63, 3.8) is 0 Å². The number of nitrogens with one attached hydrogen (secondary N) is 1. The first-order valence-corrected chi connectivity index (χ1v) is 8.89. The average molecular weight is 347 g/mol. The highest BCUT2D eigenvalue weighted by molar-refractivity contribution is 7.89. The number of fused-ring (bicyclic) bond motifs is 1. The fraction of sp³-hybridized carbons (Fsp3) is 0.133. The summed E-state index contributed by atoms with van der Waals surface area (Å²) in [5, 5.41) is 9.66. The van der Waals surface area contributed by atoms with Crippen LogP contribution in [0.5, 0.6) is 11.6 Å². The van der Waals surface area contributed by atoms with Crippen molar-refractivity contribution in [1.82, 2.24) is 15.0 Å². The molecular weight excluding hydrogens is 334 g/mol. The maximum absolute atomic E-state index is 11.3. The molecule has 0 aliphatic rings. The number of aromatic carboxylic acids is 1. The van der Waals surface area contributed by atoms with Crippen molar-refractivity contribution in [3.8, 4) is 11.6 Å². The smallest absolute Gasteiger partial charge is 0.337 e. The van der Waals surface area contributed by atoms with E-state index in [9.17, 15) is 13.2 Å². The largest absolute Gasteiger partial charge is 0.478 e. The second-order valence-electron chi connectivity index (χ2n) is 5.23. The zero-order valence-electron chi connectivity index (χ0n) is 12.6. The summed E-state index contributed by atoms with van der Waals surface area (Å²) < 4.78 is 28.2. The van der Waals surface area contributed by atoms with Gasteiger partial charge in [0, 0.05) is 29.4 Å². The fourth-order valence-corrected chi connectivity index (χ4v) is 2.94. The molecule has 24 heavy (non-hydrogen) atoms. The molecule has 0 saturated heterocycles. The lowest BCUT2D eigenvalue weighted by molar-refractivity contribution is 0.0699. The van der Waals surface area contributed by atoms with Gasteiger partial charge in [0.25, 0.3) is 0 Å². The van der Waals surface area contributed by atoms with Crippen molar-refractivity contribution in [1.29, 1.82) is 0 Å². The van der Waals surface area contributed by atoms with Gasteiger partial charge in [-0.25, -0.2) is 23.2 Å². The Bertz CT molecular complexity index is 1030. The van der Waals surface area contributed by atoms with Gasteiger partial charge in [0.15, 0.2) is 9.84 Å². The van der Waals surface area contributed by atoms with E-state index in [0.29, 0.717) is 22.3 Å². The van der Waals surface area contributed by atoms with E-state index >= 15 is 0 Å². The summed E-state index contributed by atoms with van der Waals surface area (Å²) in [6.45, 7) is 0. The zero-order chi connectivity index (χ0) is 17.3. The second-order valence-corrected chi connectivity index (χ2v) is 7.37. The van der Waals surface area contributed by atoms with Crippen molar-refractivity contribution in [2.75, 3.05) is 6.26 Å². The van der Waals surface area contributed by atoms with Gasteiger partial charge in [0.05, 0.1) is 17.0 Å². The average Bonchev–Trinajstić information content (AvgIpc) is 2.89. The van der Waals surface area contributed by atoms with Gasteiger partial charge < -0.3 is 14.8 Å². The molecule has 0 saturated carbocycles. The summed E-state index contributed by atoms with van der Waals surface area (Å²) in [5.74, 6) is -0.703. The monoisotopic (exact) mass is 347 g/mol. The van der Waals surface area contributed by atoms with Gasteiger partial charge in [-0.2, -0.15) is 0 Å². The number of nitrogens with zero attached hydrogens (tertiary/aromatic N) is 2. The van der Waals surface area contributed by atoms with E-state index in [1.165, 1.54) is 18.6 Å². The number of aromatic amines is 1. The van der Waals surface area contributed by atoms with Crippen LogP contribution in [0, 0.1) is 0 Å². The van der Waals surface area contributed by atoms with E-state index in [2.05, 4.69) is 15.0 Å². The van der Waals surface area contributed by atoms with Crippen LogP contribution in [0.2, 0.25) is 0 Å². The highest BCUT2D eigenvalue weighted by Crippen LogP contribution is 2.26. The predicted octanol–water partition coefficient (Wildman–Crippen LogP) is 1.99. The molecule has 0 atom stereocenters. The molecule has 124 valence electrons. The molecule has 8 nitrogen and oxygen atoms in total. The van der Waals surface area contributed by atoms with Crippen LogP contribution in [0.4, 0.5) is 0 Å². The number of carbonyl (C=O) groups is 1. The maximum atomic E-state index is 11.3. The molecule has 0 unspecified atom stereocenters. The van der Waals surface area contributed by atoms with Crippen LogP contribution in [-0.4, -0.2) is 40.7 Å². The normalized spacial score (nSPS) is 11.5. The van der Waals surface area contributed by atoms with Gasteiger partial charge in [0.1, 0.15) is 12.1 Å². The zero-order valence-corrected chi connectivity index (χ0v) is 13.4. The minimum Gasteiger partial charge on any atom is -0.478 e. The van der Waals surface area contributed by atoms with Crippen molar-refractivity contribution < 1.29 is 23.1 Å². The summed E-state index contributed by atoms with van der Waals surface area (Å²) in [5.41, 5.74) is 1.12. The first-order valence-electron chi connectivity index (χ1n) is 6.83. The van der Waals surface area contributed by atoms with Crippen LogP contribution in [0.25, 0.3) is 10.9 Å². The molecule has 2 aromatic heterocycles. The Hall–Kier alpha value is -2.94. The molecule has 0 aliphatic heterocycles. The van der Waals surface area contributed by atoms with Crippen molar-refractivity contribution in [2.24, 2.45) is 0 Å². The molecule has 0 aliphatic carbocycles. The maximum Gasteiger partial charge on any atom is 0.337 e. The van der Waals surface area contributed by atoms with Crippen LogP contribution in [0.3, 0.4) is 0 Å². The third-order valence-electron chi connectivity index (χ3n) is 3.21. The van der Waals surface area contributed by atoms with Crippen LogP contribution in [0.1, 0.15) is 16.1 Å². The molecule has 9 heteroatoms. The molecule has 3 rings (SSSR count). The number of hydrogen-bond acceptors (Lipinski definition) is 6. The van der Waals surface area contributed by atoms with E-state index in [-0.39, 0.29) is 17.2 Å². The Labute approximate surface area is 137 Å². The topological polar surface area (TPSA) is 122 Å². The predicted molar refractivity (Wildman–Crippen MR) is 85.9 cm³/mol. The molecule has 3 aromatic rings. The number of sulfone groups is 1. The Balaban J connectivity index is 1.91. The van der Waals surface area contributed by atoms with Crippen LogP contribution in [-0.2, 0) is 15.6 Å². The first-order chi connectivity index (χ1) is 11.3. The SMILES string of the molecule is CS(=O)(=O)Cc1cc(Oc2ccc3[nH]cc(C(=O)O)c3c2)ncn1. The second kappa shape index (κ2) is 5.93. The third kappa shape index (κ3) is 3.51.